The normalized spacial score (nSPS) is 15.0. The van der Waals surface area contributed by atoms with E-state index in [9.17, 15) is 0 Å². The number of hydrogen-bond donors (Lipinski definition) is 0. The van der Waals surface area contributed by atoms with Crippen LogP contribution in [0.4, 0.5) is 0 Å². The smallest absolute Gasteiger partial charge is 0.0533 e. The third kappa shape index (κ3) is 46.3. The molecule has 0 radical (unpaired) electrons. The van der Waals surface area contributed by atoms with E-state index in [-0.39, 0.29) is 0 Å². The van der Waals surface area contributed by atoms with Crippen LogP contribution in [0.15, 0.2) is 0 Å². The fourth-order valence-corrected chi connectivity index (χ4v) is 3.62. The second-order valence-corrected chi connectivity index (χ2v) is 9.36. The number of hydrogen-bond acceptors (Lipinski definition) is 0. The third-order valence-corrected chi connectivity index (χ3v) is 5.87. The summed E-state index contributed by atoms with van der Waals surface area (Å²) in [5.74, 6) is 0. The molecule has 0 saturated heterocycles. The monoisotopic (exact) mass is 427 g/mol. The van der Waals surface area contributed by atoms with E-state index >= 15 is 0 Å². The summed E-state index contributed by atoms with van der Waals surface area (Å²) in [6.45, 7) is 13.4. The number of unbranched alkanes of at least 4 members (excludes halogenated alkanes) is 9. The van der Waals surface area contributed by atoms with Gasteiger partial charge in [-0.1, -0.05) is 196 Å². The molecular weight excluding hydrogens is 360 g/mol. The lowest BCUT2D eigenvalue weighted by atomic mass is 10.0. The van der Waals surface area contributed by atoms with Crippen molar-refractivity contribution in [2.24, 2.45) is 0 Å². The van der Waals surface area contributed by atoms with Gasteiger partial charge in [-0.3, -0.25) is 0 Å². The van der Waals surface area contributed by atoms with Crippen molar-refractivity contribution in [2.75, 3.05) is 0 Å². The summed E-state index contributed by atoms with van der Waals surface area (Å²) in [6.07, 6.45) is 34.6. The average Bonchev–Trinajstić information content (AvgIpc) is 2.84. The van der Waals surface area contributed by atoms with Gasteiger partial charge in [0.05, 0.1) is 0 Å². The van der Waals surface area contributed by atoms with Gasteiger partial charge in [0.25, 0.3) is 0 Å². The predicted molar refractivity (Wildman–Crippen MR) is 145 cm³/mol. The fraction of sp³-hybridized carbons (Fsp3) is 1.00. The molecule has 0 nitrogen and oxygen atoms in total. The van der Waals surface area contributed by atoms with Crippen molar-refractivity contribution < 1.29 is 0 Å². The zero-order chi connectivity index (χ0) is 23.0. The van der Waals surface area contributed by atoms with Gasteiger partial charge in [-0.15, -0.1) is 0 Å². The molecule has 0 heteroatoms. The van der Waals surface area contributed by atoms with Crippen LogP contribution in [0.3, 0.4) is 0 Å². The molecule has 2 fully saturated rings. The molecule has 2 aliphatic rings. The minimum Gasteiger partial charge on any atom is -0.0654 e. The van der Waals surface area contributed by atoms with Gasteiger partial charge in [0, 0.05) is 0 Å². The molecule has 0 aromatic rings. The summed E-state index contributed by atoms with van der Waals surface area (Å²) in [5, 5.41) is 0. The van der Waals surface area contributed by atoms with E-state index in [4.69, 9.17) is 0 Å². The van der Waals surface area contributed by atoms with E-state index in [1.54, 1.807) is 0 Å². The molecule has 2 aliphatic carbocycles. The summed E-state index contributed by atoms with van der Waals surface area (Å²) in [6, 6.07) is 0. The van der Waals surface area contributed by atoms with E-state index in [0.717, 1.165) is 0 Å². The molecule has 0 amide bonds. The Morgan fingerprint density at radius 3 is 0.400 bits per heavy atom. The maximum absolute atomic E-state index is 2.23. The van der Waals surface area contributed by atoms with Crippen LogP contribution < -0.4 is 0 Å². The quantitative estimate of drug-likeness (QED) is 0.321. The molecule has 0 bridgehead atoms. The molecular formula is C30H66. The highest BCUT2D eigenvalue weighted by molar-refractivity contribution is 4.51. The topological polar surface area (TPSA) is 0 Å². The lowest BCUT2D eigenvalue weighted by Gasteiger charge is -2.05. The molecule has 0 atom stereocenters. The lowest BCUT2D eigenvalue weighted by molar-refractivity contribution is 0.504. The highest BCUT2D eigenvalue weighted by Crippen LogP contribution is 2.15. The highest BCUT2D eigenvalue weighted by Gasteiger charge is 1.96. The van der Waals surface area contributed by atoms with Crippen LogP contribution in [0.1, 0.15) is 196 Å². The Morgan fingerprint density at radius 2 is 0.333 bits per heavy atom. The summed E-state index contributed by atoms with van der Waals surface area (Å²) >= 11 is 0. The van der Waals surface area contributed by atoms with Gasteiger partial charge in [-0.2, -0.15) is 0 Å². The van der Waals surface area contributed by atoms with Gasteiger partial charge in [-0.25, -0.2) is 0 Å². The van der Waals surface area contributed by atoms with Crippen molar-refractivity contribution >= 4 is 0 Å². The fourth-order valence-electron chi connectivity index (χ4n) is 3.62. The van der Waals surface area contributed by atoms with Crippen molar-refractivity contribution in [3.05, 3.63) is 0 Å². The molecule has 0 heterocycles. The molecule has 30 heavy (non-hydrogen) atoms. The van der Waals surface area contributed by atoms with Crippen LogP contribution in [-0.4, -0.2) is 0 Å². The first-order valence-electron chi connectivity index (χ1n) is 14.7. The average molecular weight is 427 g/mol. The van der Waals surface area contributed by atoms with Crippen LogP contribution in [0.2, 0.25) is 0 Å². The molecule has 0 aliphatic heterocycles. The van der Waals surface area contributed by atoms with Gasteiger partial charge < -0.3 is 0 Å². The number of rotatable bonds is 9. The van der Waals surface area contributed by atoms with Crippen molar-refractivity contribution in [1.82, 2.24) is 0 Å². The molecule has 186 valence electrons. The van der Waals surface area contributed by atoms with Crippen molar-refractivity contribution in [3.63, 3.8) is 0 Å². The second kappa shape index (κ2) is 39.5. The first-order valence-corrected chi connectivity index (χ1v) is 14.7. The van der Waals surface area contributed by atoms with Gasteiger partial charge in [0.15, 0.2) is 0 Å². The Balaban J connectivity index is -0.000000304. The Bertz CT molecular complexity index is 146. The Hall–Kier alpha value is 0. The lowest BCUT2D eigenvalue weighted by Crippen LogP contribution is -1.85. The van der Waals surface area contributed by atoms with E-state index in [0.29, 0.717) is 0 Å². The van der Waals surface area contributed by atoms with E-state index in [1.165, 1.54) is 154 Å². The largest absolute Gasteiger partial charge is 0.0654 e. The van der Waals surface area contributed by atoms with Crippen LogP contribution in [0.5, 0.6) is 0 Å². The van der Waals surface area contributed by atoms with Gasteiger partial charge in [0.1, 0.15) is 0 Å². The van der Waals surface area contributed by atoms with Crippen molar-refractivity contribution in [1.29, 1.82) is 0 Å². The summed E-state index contributed by atoms with van der Waals surface area (Å²) in [5.41, 5.74) is 0. The molecule has 0 aromatic heterocycles. The van der Waals surface area contributed by atoms with E-state index in [1.807, 2.05) is 0 Å². The Labute approximate surface area is 195 Å². The van der Waals surface area contributed by atoms with Gasteiger partial charge >= 0.3 is 0 Å². The van der Waals surface area contributed by atoms with Crippen LogP contribution in [0.25, 0.3) is 0 Å². The predicted octanol–water partition coefficient (Wildman–Crippen LogP) is 12.4. The van der Waals surface area contributed by atoms with Gasteiger partial charge in [-0.05, 0) is 0 Å². The second-order valence-electron chi connectivity index (χ2n) is 9.36. The molecule has 0 unspecified atom stereocenters. The van der Waals surface area contributed by atoms with Crippen LogP contribution in [-0.2, 0) is 0 Å². The minimum atomic E-state index is 1.36. The maximum Gasteiger partial charge on any atom is -0.0533 e. The first kappa shape index (κ1) is 34.6. The third-order valence-electron chi connectivity index (χ3n) is 5.87. The summed E-state index contributed by atoms with van der Waals surface area (Å²) in [7, 11) is 0. The zero-order valence-corrected chi connectivity index (χ0v) is 23.0. The standard InChI is InChI=1S/2C6H12.3C6H14/c2*1-2-4-6-5-3-1;3*1-3-5-6-4-2/h2*1-6H2;3*3-6H2,1-2H3. The molecule has 2 rings (SSSR count). The summed E-state index contributed by atoms with van der Waals surface area (Å²) < 4.78 is 0. The van der Waals surface area contributed by atoms with Gasteiger partial charge in [0.2, 0.25) is 0 Å². The molecule has 0 aromatic carbocycles. The Kier molecular flexibility index (Phi) is 45.5. The highest BCUT2D eigenvalue weighted by atomic mass is 14.0. The minimum absolute atomic E-state index is 1.36. The van der Waals surface area contributed by atoms with Crippen molar-refractivity contribution in [3.8, 4) is 0 Å². The zero-order valence-electron chi connectivity index (χ0n) is 23.0. The molecule has 2 saturated carbocycles. The van der Waals surface area contributed by atoms with Crippen LogP contribution in [0, 0.1) is 0 Å². The Morgan fingerprint density at radius 1 is 0.233 bits per heavy atom. The summed E-state index contributed by atoms with van der Waals surface area (Å²) in [4.78, 5) is 0. The maximum atomic E-state index is 2.23. The van der Waals surface area contributed by atoms with E-state index in [2.05, 4.69) is 41.5 Å². The SMILES string of the molecule is C1CCCCC1.C1CCCCC1.CCCCCC.CCCCCC.CCCCCC. The van der Waals surface area contributed by atoms with E-state index < -0.39 is 0 Å². The van der Waals surface area contributed by atoms with Crippen LogP contribution >= 0.6 is 0 Å². The molecule has 0 N–H and O–H groups in total. The first-order chi connectivity index (χ1) is 14.7. The van der Waals surface area contributed by atoms with Crippen molar-refractivity contribution in [2.45, 2.75) is 196 Å². The molecule has 0 spiro atoms.